The van der Waals surface area contributed by atoms with Crippen LogP contribution in [0.4, 0.5) is 11.5 Å². The number of nitrogens with zero attached hydrogens (tertiary/aromatic N) is 3. The van der Waals surface area contributed by atoms with Crippen molar-refractivity contribution in [2.75, 3.05) is 18.6 Å². The Morgan fingerprint density at radius 3 is 2.90 bits per heavy atom. The first-order valence-electron chi connectivity index (χ1n) is 6.76. The van der Waals surface area contributed by atoms with E-state index in [9.17, 15) is 10.1 Å². The lowest BCUT2D eigenvalue weighted by Gasteiger charge is -2.40. The molecule has 1 saturated heterocycles. The predicted molar refractivity (Wildman–Crippen MR) is 76.1 cm³/mol. The molecule has 2 N–H and O–H groups in total. The monoisotopic (exact) mass is 280 g/mol. The zero-order chi connectivity index (χ0) is 14.7. The van der Waals surface area contributed by atoms with Crippen molar-refractivity contribution < 1.29 is 9.66 Å². The molecule has 0 bridgehead atoms. The van der Waals surface area contributed by atoms with Gasteiger partial charge in [0, 0.05) is 30.8 Å². The summed E-state index contributed by atoms with van der Waals surface area (Å²) in [5.41, 5.74) is 5.82. The summed E-state index contributed by atoms with van der Waals surface area (Å²) in [4.78, 5) is 17.1. The molecule has 2 atom stereocenters. The number of hydrogen-bond acceptors (Lipinski definition) is 6. The van der Waals surface area contributed by atoms with Crippen molar-refractivity contribution in [2.24, 2.45) is 5.73 Å². The van der Waals surface area contributed by atoms with Crippen molar-refractivity contribution in [3.63, 3.8) is 0 Å². The molecule has 20 heavy (non-hydrogen) atoms. The average molecular weight is 280 g/mol. The Bertz CT molecular complexity index is 495. The van der Waals surface area contributed by atoms with E-state index in [0.29, 0.717) is 18.2 Å². The van der Waals surface area contributed by atoms with Crippen molar-refractivity contribution in [3.8, 4) is 5.88 Å². The summed E-state index contributed by atoms with van der Waals surface area (Å²) in [5, 5.41) is 11.2. The van der Waals surface area contributed by atoms with Crippen LogP contribution in [0.25, 0.3) is 0 Å². The molecule has 1 aliphatic rings. The van der Waals surface area contributed by atoms with E-state index >= 15 is 0 Å². The lowest BCUT2D eigenvalue weighted by molar-refractivity contribution is -0.384. The molecule has 2 rings (SSSR count). The van der Waals surface area contributed by atoms with Crippen LogP contribution in [-0.2, 0) is 0 Å². The van der Waals surface area contributed by atoms with Crippen LogP contribution in [0.3, 0.4) is 0 Å². The second-order valence-electron chi connectivity index (χ2n) is 5.03. The van der Waals surface area contributed by atoms with E-state index in [1.54, 1.807) is 0 Å². The zero-order valence-electron chi connectivity index (χ0n) is 11.8. The molecule has 2 unspecified atom stereocenters. The number of nitro groups is 1. The molecule has 1 aromatic rings. The molecule has 1 aliphatic heterocycles. The van der Waals surface area contributed by atoms with Gasteiger partial charge in [-0.2, -0.15) is 4.98 Å². The molecule has 0 aromatic carbocycles. The summed E-state index contributed by atoms with van der Waals surface area (Å²) in [6, 6.07) is 3.21. The molecular formula is C13H20N4O3. The van der Waals surface area contributed by atoms with Gasteiger partial charge in [0.25, 0.3) is 0 Å². The lowest BCUT2D eigenvalue weighted by atomic mass is 9.96. The summed E-state index contributed by atoms with van der Waals surface area (Å²) in [7, 11) is 1.50. The van der Waals surface area contributed by atoms with Crippen LogP contribution >= 0.6 is 0 Å². The maximum atomic E-state index is 11.2. The number of piperidine rings is 1. The Hall–Kier alpha value is -1.89. The van der Waals surface area contributed by atoms with Gasteiger partial charge in [-0.3, -0.25) is 10.1 Å². The van der Waals surface area contributed by atoms with Crippen LogP contribution in [0.15, 0.2) is 12.1 Å². The van der Waals surface area contributed by atoms with Gasteiger partial charge in [0.1, 0.15) is 0 Å². The quantitative estimate of drug-likeness (QED) is 0.666. The van der Waals surface area contributed by atoms with Crippen LogP contribution in [-0.4, -0.2) is 35.6 Å². The number of nitrogens with two attached hydrogens (primary N) is 1. The Morgan fingerprint density at radius 1 is 1.55 bits per heavy atom. The smallest absolute Gasteiger partial charge is 0.311 e. The minimum atomic E-state index is -0.406. The minimum Gasteiger partial charge on any atom is -0.481 e. The molecule has 110 valence electrons. The Morgan fingerprint density at radius 2 is 2.30 bits per heavy atom. The summed E-state index contributed by atoms with van der Waals surface area (Å²) >= 11 is 0. The number of rotatable bonds is 4. The number of pyridine rings is 1. The van der Waals surface area contributed by atoms with Gasteiger partial charge in [0.15, 0.2) is 0 Å². The van der Waals surface area contributed by atoms with Crippen LogP contribution in [0.2, 0.25) is 0 Å². The van der Waals surface area contributed by atoms with Crippen molar-refractivity contribution in [3.05, 3.63) is 22.2 Å². The fourth-order valence-corrected chi connectivity index (χ4v) is 2.77. The largest absolute Gasteiger partial charge is 0.481 e. The van der Waals surface area contributed by atoms with Crippen molar-refractivity contribution in [2.45, 2.75) is 38.3 Å². The fraction of sp³-hybridized carbons (Fsp3) is 0.615. The van der Waals surface area contributed by atoms with Crippen LogP contribution < -0.4 is 15.4 Å². The third-order valence-electron chi connectivity index (χ3n) is 3.78. The normalized spacial score (nSPS) is 22.6. The first kappa shape index (κ1) is 14.5. The molecule has 7 nitrogen and oxygen atoms in total. The Labute approximate surface area is 117 Å². The summed E-state index contributed by atoms with van der Waals surface area (Å²) < 4.78 is 5.09. The molecule has 1 aromatic heterocycles. The number of anilines is 1. The maximum absolute atomic E-state index is 11.2. The average Bonchev–Trinajstić information content (AvgIpc) is 2.46. The van der Waals surface area contributed by atoms with Crippen LogP contribution in [0.1, 0.15) is 26.2 Å². The van der Waals surface area contributed by atoms with Gasteiger partial charge in [-0.25, -0.2) is 0 Å². The van der Waals surface area contributed by atoms with Gasteiger partial charge >= 0.3 is 5.69 Å². The van der Waals surface area contributed by atoms with Gasteiger partial charge in [-0.05, 0) is 26.2 Å². The molecule has 0 radical (unpaired) electrons. The van der Waals surface area contributed by atoms with Gasteiger partial charge < -0.3 is 15.4 Å². The molecule has 7 heteroatoms. The second kappa shape index (κ2) is 6.04. The number of hydrogen-bond donors (Lipinski definition) is 1. The molecule has 1 fully saturated rings. The van der Waals surface area contributed by atoms with Gasteiger partial charge in [0.05, 0.1) is 12.0 Å². The molecule has 0 amide bonds. The van der Waals surface area contributed by atoms with E-state index in [1.165, 1.54) is 19.2 Å². The maximum Gasteiger partial charge on any atom is 0.311 e. The number of ether oxygens (including phenoxy) is 1. The molecular weight excluding hydrogens is 260 g/mol. The number of methoxy groups -OCH3 is 1. The van der Waals surface area contributed by atoms with Crippen molar-refractivity contribution >= 4 is 11.5 Å². The summed E-state index contributed by atoms with van der Waals surface area (Å²) in [6.07, 6.45) is 2.99. The molecule has 0 saturated carbocycles. The van der Waals surface area contributed by atoms with Gasteiger partial charge in [-0.15, -0.1) is 0 Å². The van der Waals surface area contributed by atoms with E-state index in [0.717, 1.165) is 19.3 Å². The Balaban J connectivity index is 2.49. The second-order valence-corrected chi connectivity index (χ2v) is 5.03. The highest BCUT2D eigenvalue weighted by Crippen LogP contribution is 2.35. The highest BCUT2D eigenvalue weighted by atomic mass is 16.6. The van der Waals surface area contributed by atoms with Crippen LogP contribution in [0.5, 0.6) is 5.88 Å². The highest BCUT2D eigenvalue weighted by molar-refractivity contribution is 5.60. The standard InChI is InChI=1S/C13H20N4O3/c1-9-4-3-5-10(8-14)16(9)13-11(17(18)19)6-7-12(15-13)20-2/h6-7,9-10H,3-5,8,14H2,1-2H3. The van der Waals surface area contributed by atoms with E-state index in [1.807, 2.05) is 11.8 Å². The third-order valence-corrected chi connectivity index (χ3v) is 3.78. The van der Waals surface area contributed by atoms with E-state index in [4.69, 9.17) is 10.5 Å². The zero-order valence-corrected chi connectivity index (χ0v) is 11.8. The minimum absolute atomic E-state index is 0.00185. The summed E-state index contributed by atoms with van der Waals surface area (Å²) in [6.45, 7) is 2.51. The van der Waals surface area contributed by atoms with Crippen LogP contribution in [0, 0.1) is 10.1 Å². The highest BCUT2D eigenvalue weighted by Gasteiger charge is 2.33. The van der Waals surface area contributed by atoms with Crippen molar-refractivity contribution in [1.29, 1.82) is 0 Å². The Kier molecular flexibility index (Phi) is 4.39. The first-order chi connectivity index (χ1) is 9.58. The van der Waals surface area contributed by atoms with Crippen molar-refractivity contribution in [1.82, 2.24) is 4.98 Å². The van der Waals surface area contributed by atoms with E-state index in [2.05, 4.69) is 4.98 Å². The fourth-order valence-electron chi connectivity index (χ4n) is 2.77. The predicted octanol–water partition coefficient (Wildman–Crippen LogP) is 1.70. The third kappa shape index (κ3) is 2.67. The molecule has 0 spiro atoms. The van der Waals surface area contributed by atoms with Gasteiger partial charge in [-0.1, -0.05) is 0 Å². The summed E-state index contributed by atoms with van der Waals surface area (Å²) in [5.74, 6) is 0.733. The lowest BCUT2D eigenvalue weighted by Crippen LogP contribution is -2.49. The molecule has 0 aliphatic carbocycles. The first-order valence-corrected chi connectivity index (χ1v) is 6.76. The topological polar surface area (TPSA) is 94.5 Å². The van der Waals surface area contributed by atoms with E-state index in [-0.39, 0.29) is 17.8 Å². The van der Waals surface area contributed by atoms with Gasteiger partial charge in [0.2, 0.25) is 11.7 Å². The number of aromatic nitrogens is 1. The van der Waals surface area contributed by atoms with E-state index < -0.39 is 4.92 Å². The molecule has 2 heterocycles. The SMILES string of the molecule is COc1ccc([N+](=O)[O-])c(N2C(C)CCCC2CN)n1.